The van der Waals surface area contributed by atoms with Crippen molar-refractivity contribution < 1.29 is 28.9 Å². The summed E-state index contributed by atoms with van der Waals surface area (Å²) in [7, 11) is 1.36. The van der Waals surface area contributed by atoms with Crippen LogP contribution in [0.15, 0.2) is 36.4 Å². The number of Topliss-reactive ketones (excluding diaryl/α,β-unsaturated/α-hetero) is 2. The summed E-state index contributed by atoms with van der Waals surface area (Å²) in [6.07, 6.45) is 0. The molecule has 0 aliphatic carbocycles. The summed E-state index contributed by atoms with van der Waals surface area (Å²) in [5, 5.41) is 9.53. The minimum atomic E-state index is -0.697. The first-order valence-electron chi connectivity index (χ1n) is 6.46. The van der Waals surface area contributed by atoms with Gasteiger partial charge in [0.25, 0.3) is 0 Å². The monoisotopic (exact) mass is 300 g/mol. The number of hydrogen-bond donors (Lipinski definition) is 1. The zero-order valence-corrected chi connectivity index (χ0v) is 11.7. The number of fused-ring (bicyclic) bond motifs is 1. The molecule has 0 fully saturated rings. The first-order chi connectivity index (χ1) is 10.6. The van der Waals surface area contributed by atoms with E-state index in [4.69, 9.17) is 14.2 Å². The Labute approximate surface area is 125 Å². The second-order valence-corrected chi connectivity index (χ2v) is 4.61. The van der Waals surface area contributed by atoms with Crippen molar-refractivity contribution in [3.05, 3.63) is 47.5 Å². The first-order valence-corrected chi connectivity index (χ1v) is 6.46. The molecule has 3 rings (SSSR count). The van der Waals surface area contributed by atoms with Gasteiger partial charge in [0.1, 0.15) is 0 Å². The molecule has 0 radical (unpaired) electrons. The van der Waals surface area contributed by atoms with Crippen molar-refractivity contribution in [2.45, 2.75) is 0 Å². The Bertz CT molecular complexity index is 744. The Balaban J connectivity index is 1.90. The Morgan fingerprint density at radius 3 is 2.36 bits per heavy atom. The van der Waals surface area contributed by atoms with E-state index >= 15 is 0 Å². The van der Waals surface area contributed by atoms with Crippen LogP contribution in [0, 0.1) is 0 Å². The smallest absolute Gasteiger partial charge is 0.233 e. The number of phenolic OH excluding ortho intramolecular Hbond substituents is 1. The van der Waals surface area contributed by atoms with Gasteiger partial charge < -0.3 is 19.3 Å². The fourth-order valence-electron chi connectivity index (χ4n) is 2.12. The fourth-order valence-corrected chi connectivity index (χ4v) is 2.12. The number of methoxy groups -OCH3 is 1. The number of ether oxygens (including phenoxy) is 3. The van der Waals surface area contributed by atoms with Crippen LogP contribution in [0.2, 0.25) is 0 Å². The number of ketones is 2. The largest absolute Gasteiger partial charge is 0.504 e. The molecule has 1 heterocycles. The summed E-state index contributed by atoms with van der Waals surface area (Å²) in [6, 6.07) is 8.55. The van der Waals surface area contributed by atoms with Crippen molar-refractivity contribution in [3.63, 3.8) is 0 Å². The second kappa shape index (κ2) is 5.40. The molecule has 2 aromatic rings. The van der Waals surface area contributed by atoms with Crippen molar-refractivity contribution in [1.29, 1.82) is 0 Å². The van der Waals surface area contributed by atoms with Crippen LogP contribution in [-0.4, -0.2) is 30.6 Å². The molecule has 6 nitrogen and oxygen atoms in total. The summed E-state index contributed by atoms with van der Waals surface area (Å²) in [6.45, 7) is 0.0933. The summed E-state index contributed by atoms with van der Waals surface area (Å²) < 4.78 is 15.3. The van der Waals surface area contributed by atoms with Gasteiger partial charge in [-0.3, -0.25) is 9.59 Å². The highest BCUT2D eigenvalue weighted by Crippen LogP contribution is 2.33. The molecule has 0 atom stereocenters. The molecule has 0 unspecified atom stereocenters. The molecule has 0 aromatic heterocycles. The molecule has 2 aromatic carbocycles. The van der Waals surface area contributed by atoms with Crippen LogP contribution >= 0.6 is 0 Å². The molecular weight excluding hydrogens is 288 g/mol. The fraction of sp³-hybridized carbons (Fsp3) is 0.125. The van der Waals surface area contributed by atoms with E-state index in [0.717, 1.165) is 0 Å². The molecule has 0 bridgehead atoms. The van der Waals surface area contributed by atoms with Crippen molar-refractivity contribution in [2.75, 3.05) is 13.9 Å². The van der Waals surface area contributed by atoms with Crippen molar-refractivity contribution in [3.8, 4) is 23.0 Å². The van der Waals surface area contributed by atoms with Crippen LogP contribution in [-0.2, 0) is 0 Å². The molecule has 0 amide bonds. The van der Waals surface area contributed by atoms with E-state index in [1.165, 1.54) is 37.4 Å². The summed E-state index contributed by atoms with van der Waals surface area (Å²) in [4.78, 5) is 24.5. The maximum absolute atomic E-state index is 12.3. The summed E-state index contributed by atoms with van der Waals surface area (Å²) in [5.41, 5.74) is 0.346. The van der Waals surface area contributed by atoms with Gasteiger partial charge in [-0.2, -0.15) is 0 Å². The number of carbonyl (C=O) groups is 2. The molecule has 0 saturated carbocycles. The van der Waals surface area contributed by atoms with E-state index in [-0.39, 0.29) is 29.4 Å². The number of aromatic hydroxyl groups is 1. The Morgan fingerprint density at radius 2 is 1.64 bits per heavy atom. The zero-order chi connectivity index (χ0) is 15.7. The van der Waals surface area contributed by atoms with E-state index in [9.17, 15) is 14.7 Å². The summed E-state index contributed by atoms with van der Waals surface area (Å²) >= 11 is 0. The van der Waals surface area contributed by atoms with Crippen molar-refractivity contribution in [1.82, 2.24) is 0 Å². The van der Waals surface area contributed by atoms with Gasteiger partial charge in [-0.25, -0.2) is 0 Å². The van der Waals surface area contributed by atoms with Crippen LogP contribution in [0.25, 0.3) is 0 Å². The van der Waals surface area contributed by atoms with Gasteiger partial charge in [0.15, 0.2) is 23.0 Å². The van der Waals surface area contributed by atoms with E-state index in [2.05, 4.69) is 0 Å². The Kier molecular flexibility index (Phi) is 3.42. The first kappa shape index (κ1) is 13.9. The van der Waals surface area contributed by atoms with E-state index in [0.29, 0.717) is 11.5 Å². The van der Waals surface area contributed by atoms with Gasteiger partial charge in [-0.05, 0) is 36.4 Å². The normalized spacial score (nSPS) is 12.0. The van der Waals surface area contributed by atoms with Crippen molar-refractivity contribution >= 4 is 11.6 Å². The van der Waals surface area contributed by atoms with Crippen LogP contribution in [0.1, 0.15) is 20.7 Å². The predicted octanol–water partition coefficient (Wildman–Crippen LogP) is 2.20. The Hall–Kier alpha value is -3.02. The zero-order valence-electron chi connectivity index (χ0n) is 11.7. The van der Waals surface area contributed by atoms with Crippen LogP contribution in [0.3, 0.4) is 0 Å². The molecule has 1 aliphatic rings. The lowest BCUT2D eigenvalue weighted by molar-refractivity contribution is 0.0816. The minimum Gasteiger partial charge on any atom is -0.504 e. The molecular formula is C16H12O6. The minimum absolute atomic E-state index is 0.0933. The standard InChI is InChI=1S/C16H12O6/c1-20-13-6-9(2-4-11(13)17)15(18)16(19)10-3-5-12-14(7-10)22-8-21-12/h2-7,17H,8H2,1H3. The number of rotatable bonds is 4. The van der Waals surface area contributed by atoms with E-state index in [1.807, 2.05) is 0 Å². The lowest BCUT2D eigenvalue weighted by Gasteiger charge is -2.06. The quantitative estimate of drug-likeness (QED) is 0.688. The van der Waals surface area contributed by atoms with Gasteiger partial charge in [0.05, 0.1) is 7.11 Å². The molecule has 1 aliphatic heterocycles. The van der Waals surface area contributed by atoms with E-state index in [1.54, 1.807) is 6.07 Å². The highest BCUT2D eigenvalue weighted by atomic mass is 16.7. The van der Waals surface area contributed by atoms with Gasteiger partial charge in [0.2, 0.25) is 18.4 Å². The van der Waals surface area contributed by atoms with Gasteiger partial charge in [-0.1, -0.05) is 0 Å². The summed E-state index contributed by atoms with van der Waals surface area (Å²) in [5.74, 6) is -0.376. The maximum atomic E-state index is 12.3. The number of hydrogen-bond acceptors (Lipinski definition) is 6. The molecule has 1 N–H and O–H groups in total. The van der Waals surface area contributed by atoms with Crippen LogP contribution in [0.5, 0.6) is 23.0 Å². The molecule has 112 valence electrons. The third kappa shape index (κ3) is 2.35. The van der Waals surface area contributed by atoms with Gasteiger partial charge >= 0.3 is 0 Å². The number of phenols is 1. The molecule has 22 heavy (non-hydrogen) atoms. The SMILES string of the molecule is COc1cc(C(=O)C(=O)c2ccc3c(c2)OCO3)ccc1O. The Morgan fingerprint density at radius 1 is 1.00 bits per heavy atom. The molecule has 6 heteroatoms. The predicted molar refractivity (Wildman–Crippen MR) is 75.9 cm³/mol. The third-order valence-corrected chi connectivity index (χ3v) is 3.28. The third-order valence-electron chi connectivity index (χ3n) is 3.28. The molecule has 0 saturated heterocycles. The molecule has 0 spiro atoms. The number of carbonyl (C=O) groups excluding carboxylic acids is 2. The maximum Gasteiger partial charge on any atom is 0.233 e. The van der Waals surface area contributed by atoms with Crippen LogP contribution in [0.4, 0.5) is 0 Å². The highest BCUT2D eigenvalue weighted by Gasteiger charge is 2.22. The van der Waals surface area contributed by atoms with Crippen LogP contribution < -0.4 is 14.2 Å². The van der Waals surface area contributed by atoms with Gasteiger partial charge in [-0.15, -0.1) is 0 Å². The van der Waals surface area contributed by atoms with Crippen molar-refractivity contribution in [2.24, 2.45) is 0 Å². The highest BCUT2D eigenvalue weighted by molar-refractivity contribution is 6.49. The van der Waals surface area contributed by atoms with E-state index < -0.39 is 11.6 Å². The number of benzene rings is 2. The lowest BCUT2D eigenvalue weighted by Crippen LogP contribution is -2.14. The van der Waals surface area contributed by atoms with Gasteiger partial charge in [0, 0.05) is 11.1 Å². The second-order valence-electron chi connectivity index (χ2n) is 4.61. The lowest BCUT2D eigenvalue weighted by atomic mass is 10.0. The average molecular weight is 300 g/mol. The topological polar surface area (TPSA) is 82.1 Å². The average Bonchev–Trinajstić information content (AvgIpc) is 3.01.